The Morgan fingerprint density at radius 3 is 2.43 bits per heavy atom. The van der Waals surface area contributed by atoms with Crippen LogP contribution >= 0.6 is 31.9 Å². The summed E-state index contributed by atoms with van der Waals surface area (Å²) in [5.74, 6) is 0.597. The zero-order valence-electron chi connectivity index (χ0n) is 14.5. The summed E-state index contributed by atoms with van der Waals surface area (Å²) in [5.41, 5.74) is 1.81. The fourth-order valence-corrected chi connectivity index (χ4v) is 4.22. The van der Waals surface area contributed by atoms with Crippen molar-refractivity contribution in [3.8, 4) is 11.4 Å². The standard InChI is InChI=1S/C22H14Br2N2O2/c23-15-12-14(21(27)18(24)13-15)10-11-20-25-19-9-5-4-8-17(19)22(28)26(20)16-6-2-1-3-7-16/h1-13,27H/b11-10+. The van der Waals surface area contributed by atoms with Crippen LogP contribution in [0.1, 0.15) is 11.4 Å². The van der Waals surface area contributed by atoms with Crippen LogP contribution in [0.4, 0.5) is 0 Å². The van der Waals surface area contributed by atoms with Crippen LogP contribution in [0.25, 0.3) is 28.7 Å². The highest BCUT2D eigenvalue weighted by molar-refractivity contribution is 9.11. The molecule has 0 aliphatic rings. The van der Waals surface area contributed by atoms with E-state index in [0.29, 0.717) is 26.8 Å². The zero-order valence-corrected chi connectivity index (χ0v) is 17.7. The highest BCUT2D eigenvalue weighted by atomic mass is 79.9. The van der Waals surface area contributed by atoms with Crippen molar-refractivity contribution in [2.45, 2.75) is 0 Å². The summed E-state index contributed by atoms with van der Waals surface area (Å²) in [7, 11) is 0. The molecule has 3 aromatic carbocycles. The molecule has 0 saturated heterocycles. The van der Waals surface area contributed by atoms with E-state index in [9.17, 15) is 9.90 Å². The smallest absolute Gasteiger partial charge is 0.266 e. The molecular weight excluding hydrogens is 484 g/mol. The van der Waals surface area contributed by atoms with Crippen LogP contribution in [0.5, 0.6) is 5.75 Å². The lowest BCUT2D eigenvalue weighted by atomic mass is 10.1. The predicted octanol–water partition coefficient (Wildman–Crippen LogP) is 5.79. The van der Waals surface area contributed by atoms with Crippen LogP contribution in [-0.4, -0.2) is 14.7 Å². The molecule has 0 amide bonds. The maximum Gasteiger partial charge on any atom is 0.266 e. The summed E-state index contributed by atoms with van der Waals surface area (Å²) < 4.78 is 2.97. The van der Waals surface area contributed by atoms with E-state index in [1.807, 2.05) is 48.5 Å². The van der Waals surface area contributed by atoms with Crippen molar-refractivity contribution < 1.29 is 5.11 Å². The Bertz CT molecular complexity index is 1270. The first-order valence-electron chi connectivity index (χ1n) is 8.48. The molecule has 4 rings (SSSR count). The van der Waals surface area contributed by atoms with Gasteiger partial charge in [0.15, 0.2) is 0 Å². The largest absolute Gasteiger partial charge is 0.506 e. The molecule has 0 atom stereocenters. The van der Waals surface area contributed by atoms with Gasteiger partial charge in [0, 0.05) is 10.0 Å². The van der Waals surface area contributed by atoms with Crippen molar-refractivity contribution in [2.75, 3.05) is 0 Å². The molecule has 28 heavy (non-hydrogen) atoms. The Hall–Kier alpha value is -2.70. The number of halogens is 2. The minimum Gasteiger partial charge on any atom is -0.506 e. The van der Waals surface area contributed by atoms with Gasteiger partial charge in [-0.25, -0.2) is 4.98 Å². The predicted molar refractivity (Wildman–Crippen MR) is 120 cm³/mol. The van der Waals surface area contributed by atoms with Gasteiger partial charge in [0.2, 0.25) is 0 Å². The molecule has 1 heterocycles. The lowest BCUT2D eigenvalue weighted by Crippen LogP contribution is -2.22. The lowest BCUT2D eigenvalue weighted by molar-refractivity contribution is 0.470. The number of aromatic hydroxyl groups is 1. The number of hydrogen-bond acceptors (Lipinski definition) is 3. The van der Waals surface area contributed by atoms with Gasteiger partial charge in [0.1, 0.15) is 11.6 Å². The SMILES string of the molecule is O=c1c2ccccc2nc(/C=C/c2cc(Br)cc(Br)c2O)n1-c1ccccc1. The molecule has 0 unspecified atom stereocenters. The number of nitrogens with zero attached hydrogens (tertiary/aromatic N) is 2. The van der Waals surface area contributed by atoms with Crippen LogP contribution in [0.2, 0.25) is 0 Å². The topological polar surface area (TPSA) is 55.1 Å². The molecule has 1 aromatic heterocycles. The van der Waals surface area contributed by atoms with E-state index in [1.165, 1.54) is 0 Å². The lowest BCUT2D eigenvalue weighted by Gasteiger charge is -2.11. The van der Waals surface area contributed by atoms with Crippen LogP contribution < -0.4 is 5.56 Å². The van der Waals surface area contributed by atoms with E-state index in [-0.39, 0.29) is 11.3 Å². The number of phenols is 1. The third kappa shape index (κ3) is 3.53. The van der Waals surface area contributed by atoms with E-state index in [0.717, 1.165) is 10.2 Å². The van der Waals surface area contributed by atoms with Gasteiger partial charge in [0.25, 0.3) is 5.56 Å². The Balaban J connectivity index is 1.95. The molecule has 4 nitrogen and oxygen atoms in total. The average molecular weight is 498 g/mol. The summed E-state index contributed by atoms with van der Waals surface area (Å²) in [6, 6.07) is 20.2. The van der Waals surface area contributed by atoms with Gasteiger partial charge < -0.3 is 5.11 Å². The Morgan fingerprint density at radius 1 is 0.929 bits per heavy atom. The van der Waals surface area contributed by atoms with E-state index < -0.39 is 0 Å². The van der Waals surface area contributed by atoms with Gasteiger partial charge in [-0.05, 0) is 64.5 Å². The third-order valence-electron chi connectivity index (χ3n) is 4.29. The summed E-state index contributed by atoms with van der Waals surface area (Å²) in [6.45, 7) is 0. The van der Waals surface area contributed by atoms with Gasteiger partial charge >= 0.3 is 0 Å². The van der Waals surface area contributed by atoms with E-state index >= 15 is 0 Å². The number of fused-ring (bicyclic) bond motifs is 1. The fourth-order valence-electron chi connectivity index (χ4n) is 2.97. The van der Waals surface area contributed by atoms with Gasteiger partial charge in [-0.2, -0.15) is 0 Å². The Morgan fingerprint density at radius 2 is 1.64 bits per heavy atom. The summed E-state index contributed by atoms with van der Waals surface area (Å²) >= 11 is 6.76. The van der Waals surface area contributed by atoms with Crippen molar-refractivity contribution in [3.63, 3.8) is 0 Å². The maximum absolute atomic E-state index is 13.2. The highest BCUT2D eigenvalue weighted by Gasteiger charge is 2.11. The van der Waals surface area contributed by atoms with Crippen molar-refractivity contribution >= 4 is 54.9 Å². The molecule has 0 radical (unpaired) electrons. The van der Waals surface area contributed by atoms with Gasteiger partial charge in [-0.3, -0.25) is 9.36 Å². The number of hydrogen-bond donors (Lipinski definition) is 1. The molecule has 138 valence electrons. The van der Waals surface area contributed by atoms with E-state index in [4.69, 9.17) is 0 Å². The van der Waals surface area contributed by atoms with Crippen molar-refractivity contribution in [1.29, 1.82) is 0 Å². The van der Waals surface area contributed by atoms with E-state index in [1.54, 1.807) is 34.9 Å². The molecule has 0 aliphatic carbocycles. The maximum atomic E-state index is 13.2. The van der Waals surface area contributed by atoms with Crippen LogP contribution in [0.15, 0.2) is 80.5 Å². The molecule has 0 fully saturated rings. The average Bonchev–Trinajstić information content (AvgIpc) is 2.70. The second-order valence-corrected chi connectivity index (χ2v) is 7.89. The second kappa shape index (κ2) is 7.73. The van der Waals surface area contributed by atoms with Crippen molar-refractivity contribution in [3.05, 3.63) is 97.4 Å². The number of benzene rings is 3. The number of phenolic OH excluding ortho intramolecular Hbond substituents is 1. The van der Waals surface area contributed by atoms with Gasteiger partial charge in [0.05, 0.1) is 21.1 Å². The second-order valence-electron chi connectivity index (χ2n) is 6.12. The summed E-state index contributed by atoms with van der Waals surface area (Å²) in [4.78, 5) is 17.8. The molecule has 1 N–H and O–H groups in total. The third-order valence-corrected chi connectivity index (χ3v) is 5.35. The van der Waals surface area contributed by atoms with Gasteiger partial charge in [-0.1, -0.05) is 46.3 Å². The molecule has 4 aromatic rings. The van der Waals surface area contributed by atoms with Crippen molar-refractivity contribution in [1.82, 2.24) is 9.55 Å². The van der Waals surface area contributed by atoms with E-state index in [2.05, 4.69) is 36.8 Å². The molecule has 0 aliphatic heterocycles. The number of rotatable bonds is 3. The minimum atomic E-state index is -0.143. The molecule has 0 saturated carbocycles. The first kappa shape index (κ1) is 18.7. The number of para-hydroxylation sites is 2. The molecular formula is C22H14Br2N2O2. The normalized spacial score (nSPS) is 11.4. The zero-order chi connectivity index (χ0) is 19.7. The monoisotopic (exact) mass is 496 g/mol. The molecule has 0 bridgehead atoms. The van der Waals surface area contributed by atoms with Crippen LogP contribution in [-0.2, 0) is 0 Å². The first-order valence-corrected chi connectivity index (χ1v) is 10.1. The van der Waals surface area contributed by atoms with Crippen LogP contribution in [0.3, 0.4) is 0 Å². The first-order chi connectivity index (χ1) is 13.5. The highest BCUT2D eigenvalue weighted by Crippen LogP contribution is 2.32. The summed E-state index contributed by atoms with van der Waals surface area (Å²) in [6.07, 6.45) is 3.47. The quantitative estimate of drug-likeness (QED) is 0.390. The van der Waals surface area contributed by atoms with Crippen LogP contribution in [0, 0.1) is 0 Å². The molecule has 0 spiro atoms. The fraction of sp³-hybridized carbons (Fsp3) is 0. The van der Waals surface area contributed by atoms with Crippen molar-refractivity contribution in [2.24, 2.45) is 0 Å². The minimum absolute atomic E-state index is 0.119. The number of aromatic nitrogens is 2. The Kier molecular flexibility index (Phi) is 5.15. The summed E-state index contributed by atoms with van der Waals surface area (Å²) in [5, 5.41) is 10.9. The Labute approximate surface area is 178 Å². The van der Waals surface area contributed by atoms with Gasteiger partial charge in [-0.15, -0.1) is 0 Å². The molecule has 6 heteroatoms.